The van der Waals surface area contributed by atoms with Crippen LogP contribution in [0.25, 0.3) is 0 Å². The van der Waals surface area contributed by atoms with Gasteiger partial charge in [0, 0.05) is 6.20 Å². The lowest BCUT2D eigenvalue weighted by atomic mass is 10.5. The topological polar surface area (TPSA) is 59.2 Å². The first-order valence-electron chi connectivity index (χ1n) is 3.80. The molecule has 0 aliphatic rings. The maximum atomic E-state index is 11.3. The molecule has 1 heterocycles. The third-order valence-electron chi connectivity index (χ3n) is 1.37. The van der Waals surface area contributed by atoms with E-state index in [1.165, 1.54) is 12.3 Å². The largest absolute Gasteiger partial charge is 0.351 e. The van der Waals surface area contributed by atoms with Crippen LogP contribution >= 0.6 is 11.6 Å². The highest BCUT2D eigenvalue weighted by molar-refractivity contribution is 7.86. The van der Waals surface area contributed by atoms with Crippen molar-refractivity contribution in [1.29, 1.82) is 0 Å². The Morgan fingerprint density at radius 3 is 2.77 bits per heavy atom. The number of rotatable bonds is 4. The van der Waals surface area contributed by atoms with E-state index < -0.39 is 10.1 Å². The number of hydrogen-bond acceptors (Lipinski definition) is 3. The molecule has 1 N–H and O–H groups in total. The molecule has 0 aromatic carbocycles. The number of aromatic nitrogens is 1. The fraction of sp³-hybridized carbons (Fsp3) is 0.429. The number of aromatic amines is 1. The molecule has 0 aliphatic carbocycles. The molecule has 1 aromatic rings. The van der Waals surface area contributed by atoms with Gasteiger partial charge in [0.25, 0.3) is 10.1 Å². The van der Waals surface area contributed by atoms with Gasteiger partial charge in [0.2, 0.25) is 0 Å². The molecule has 0 unspecified atom stereocenters. The first-order valence-corrected chi connectivity index (χ1v) is 5.59. The lowest BCUT2D eigenvalue weighted by Gasteiger charge is -2.01. The van der Waals surface area contributed by atoms with Crippen molar-refractivity contribution in [1.82, 2.24) is 4.98 Å². The zero-order valence-corrected chi connectivity index (χ0v) is 8.65. The Bertz CT molecular complexity index is 371. The van der Waals surface area contributed by atoms with Crippen molar-refractivity contribution in [2.75, 3.05) is 6.61 Å². The monoisotopic (exact) mass is 223 g/mol. The van der Waals surface area contributed by atoms with Gasteiger partial charge in [-0.25, -0.2) is 0 Å². The summed E-state index contributed by atoms with van der Waals surface area (Å²) >= 11 is 5.59. The average Bonchev–Trinajstić information content (AvgIpc) is 2.48. The summed E-state index contributed by atoms with van der Waals surface area (Å²) < 4.78 is 27.4. The Labute approximate surface area is 82.0 Å². The molecule has 0 radical (unpaired) electrons. The lowest BCUT2D eigenvalue weighted by molar-refractivity contribution is 0.318. The van der Waals surface area contributed by atoms with Crippen LogP contribution in [-0.4, -0.2) is 20.0 Å². The van der Waals surface area contributed by atoms with Gasteiger partial charge in [0.15, 0.2) is 0 Å². The minimum atomic E-state index is -3.67. The lowest BCUT2D eigenvalue weighted by Crippen LogP contribution is -2.06. The van der Waals surface area contributed by atoms with Crippen molar-refractivity contribution in [2.45, 2.75) is 18.2 Å². The van der Waals surface area contributed by atoms with Gasteiger partial charge in [-0.15, -0.1) is 0 Å². The van der Waals surface area contributed by atoms with E-state index in [1.807, 2.05) is 6.92 Å². The normalized spacial score (nSPS) is 11.8. The van der Waals surface area contributed by atoms with Gasteiger partial charge in [-0.3, -0.25) is 4.18 Å². The second kappa shape index (κ2) is 4.13. The van der Waals surface area contributed by atoms with Gasteiger partial charge in [-0.2, -0.15) is 8.42 Å². The smallest absolute Gasteiger partial charge is 0.300 e. The maximum absolute atomic E-state index is 11.3. The van der Waals surface area contributed by atoms with E-state index in [9.17, 15) is 8.42 Å². The third kappa shape index (κ3) is 2.46. The van der Waals surface area contributed by atoms with Crippen molar-refractivity contribution < 1.29 is 12.6 Å². The number of nitrogens with one attached hydrogen (secondary N) is 1. The fourth-order valence-electron chi connectivity index (χ4n) is 0.784. The molecule has 0 amide bonds. The molecule has 0 spiro atoms. The molecular formula is C7H10ClNO3S. The SMILES string of the molecule is CCCOS(=O)(=O)c1cc[nH]c1Cl. The molecule has 0 saturated heterocycles. The summed E-state index contributed by atoms with van der Waals surface area (Å²) in [6.45, 7) is 2.00. The van der Waals surface area contributed by atoms with Crippen molar-refractivity contribution in [3.05, 3.63) is 17.4 Å². The molecule has 0 fully saturated rings. The molecule has 1 aromatic heterocycles. The summed E-state index contributed by atoms with van der Waals surface area (Å²) in [5.74, 6) is 0. The van der Waals surface area contributed by atoms with Crippen molar-refractivity contribution in [2.24, 2.45) is 0 Å². The fourth-order valence-corrected chi connectivity index (χ4v) is 2.22. The van der Waals surface area contributed by atoms with Gasteiger partial charge >= 0.3 is 0 Å². The second-order valence-corrected chi connectivity index (χ2v) is 4.39. The van der Waals surface area contributed by atoms with E-state index in [0.717, 1.165) is 0 Å². The zero-order chi connectivity index (χ0) is 9.90. The number of halogens is 1. The van der Waals surface area contributed by atoms with Crippen LogP contribution in [-0.2, 0) is 14.3 Å². The summed E-state index contributed by atoms with van der Waals surface area (Å²) in [5.41, 5.74) is 0. The predicted molar refractivity (Wildman–Crippen MR) is 49.2 cm³/mol. The van der Waals surface area contributed by atoms with E-state index in [1.54, 1.807) is 0 Å². The van der Waals surface area contributed by atoms with Gasteiger partial charge < -0.3 is 4.98 Å². The minimum Gasteiger partial charge on any atom is -0.351 e. The van der Waals surface area contributed by atoms with Gasteiger partial charge in [-0.05, 0) is 12.5 Å². The van der Waals surface area contributed by atoms with Crippen LogP contribution < -0.4 is 0 Å². The molecule has 4 nitrogen and oxygen atoms in total. The van der Waals surface area contributed by atoms with Crippen LogP contribution in [0.3, 0.4) is 0 Å². The van der Waals surface area contributed by atoms with Crippen LogP contribution in [0.4, 0.5) is 0 Å². The molecule has 0 bridgehead atoms. The molecule has 0 atom stereocenters. The summed E-state index contributed by atoms with van der Waals surface area (Å²) in [7, 11) is -3.67. The van der Waals surface area contributed by atoms with E-state index in [-0.39, 0.29) is 16.7 Å². The Morgan fingerprint density at radius 2 is 2.31 bits per heavy atom. The molecule has 6 heteroatoms. The highest BCUT2D eigenvalue weighted by Crippen LogP contribution is 2.20. The molecule has 13 heavy (non-hydrogen) atoms. The van der Waals surface area contributed by atoms with Gasteiger partial charge in [-0.1, -0.05) is 18.5 Å². The van der Waals surface area contributed by atoms with Crippen molar-refractivity contribution >= 4 is 21.7 Å². The molecule has 74 valence electrons. The van der Waals surface area contributed by atoms with Gasteiger partial charge in [0.1, 0.15) is 10.0 Å². The van der Waals surface area contributed by atoms with Crippen molar-refractivity contribution in [3.63, 3.8) is 0 Å². The summed E-state index contributed by atoms with van der Waals surface area (Å²) in [5, 5.41) is 0.0797. The van der Waals surface area contributed by atoms with Crippen LogP contribution in [0, 0.1) is 0 Å². The van der Waals surface area contributed by atoms with Crippen LogP contribution in [0.5, 0.6) is 0 Å². The first-order chi connectivity index (χ1) is 6.08. The van der Waals surface area contributed by atoms with Gasteiger partial charge in [0.05, 0.1) is 6.61 Å². The summed E-state index contributed by atoms with van der Waals surface area (Å²) in [4.78, 5) is 2.55. The maximum Gasteiger partial charge on any atom is 0.300 e. The van der Waals surface area contributed by atoms with Crippen molar-refractivity contribution in [3.8, 4) is 0 Å². The minimum absolute atomic E-state index is 0.0115. The van der Waals surface area contributed by atoms with Crippen LogP contribution in [0.15, 0.2) is 17.2 Å². The Kier molecular flexibility index (Phi) is 3.35. The average molecular weight is 224 g/mol. The molecule has 1 rings (SSSR count). The first kappa shape index (κ1) is 10.6. The number of hydrogen-bond donors (Lipinski definition) is 1. The Balaban J connectivity index is 2.88. The summed E-state index contributed by atoms with van der Waals surface area (Å²) in [6.07, 6.45) is 2.09. The quantitative estimate of drug-likeness (QED) is 0.792. The molecular weight excluding hydrogens is 214 g/mol. The summed E-state index contributed by atoms with van der Waals surface area (Å²) in [6, 6.07) is 1.37. The van der Waals surface area contributed by atoms with Crippen LogP contribution in [0.1, 0.15) is 13.3 Å². The highest BCUT2D eigenvalue weighted by atomic mass is 35.5. The van der Waals surface area contributed by atoms with E-state index in [0.29, 0.717) is 6.42 Å². The second-order valence-electron chi connectivity index (χ2n) is 2.43. The molecule has 0 saturated carbocycles. The zero-order valence-electron chi connectivity index (χ0n) is 7.08. The Hall–Kier alpha value is -0.520. The van der Waals surface area contributed by atoms with E-state index >= 15 is 0 Å². The molecule has 0 aliphatic heterocycles. The highest BCUT2D eigenvalue weighted by Gasteiger charge is 2.18. The van der Waals surface area contributed by atoms with Crippen LogP contribution in [0.2, 0.25) is 5.15 Å². The third-order valence-corrected chi connectivity index (χ3v) is 3.15. The predicted octanol–water partition coefficient (Wildman–Crippen LogP) is 1.78. The number of H-pyrrole nitrogens is 1. The van der Waals surface area contributed by atoms with E-state index in [4.69, 9.17) is 11.6 Å². The Morgan fingerprint density at radius 1 is 1.62 bits per heavy atom. The van der Waals surface area contributed by atoms with E-state index in [2.05, 4.69) is 9.17 Å². The standard InChI is InChI=1S/C7H10ClNO3S/c1-2-5-12-13(10,11)6-3-4-9-7(6)8/h3-4,9H,2,5H2,1H3.